The summed E-state index contributed by atoms with van der Waals surface area (Å²) in [6.45, 7) is 9.73. The maximum atomic E-state index is 5.74. The van der Waals surface area contributed by atoms with E-state index in [2.05, 4.69) is 42.7 Å². The van der Waals surface area contributed by atoms with Crippen molar-refractivity contribution in [2.45, 2.75) is 39.8 Å². The summed E-state index contributed by atoms with van der Waals surface area (Å²) in [5, 5.41) is 0. The van der Waals surface area contributed by atoms with E-state index in [4.69, 9.17) is 14.2 Å². The minimum Gasteiger partial charge on any atom is -0.497 e. The van der Waals surface area contributed by atoms with Crippen molar-refractivity contribution in [3.05, 3.63) is 23.5 Å². The van der Waals surface area contributed by atoms with Gasteiger partial charge in [-0.05, 0) is 11.8 Å². The molecule has 0 aliphatic carbocycles. The molecule has 0 unspecified atom stereocenters. The lowest BCUT2D eigenvalue weighted by Gasteiger charge is -2.08. The fourth-order valence-electron chi connectivity index (χ4n) is 2.58. The zero-order valence-electron chi connectivity index (χ0n) is 14.9. The molecule has 0 aromatic carbocycles. The van der Waals surface area contributed by atoms with Gasteiger partial charge in [-0.1, -0.05) is 27.7 Å². The van der Waals surface area contributed by atoms with E-state index in [1.54, 1.807) is 7.11 Å². The van der Waals surface area contributed by atoms with E-state index >= 15 is 0 Å². The fraction of sp³-hybridized carbons (Fsp3) is 0.611. The van der Waals surface area contributed by atoms with Crippen LogP contribution in [-0.4, -0.2) is 49.2 Å². The van der Waals surface area contributed by atoms with Gasteiger partial charge in [0.05, 0.1) is 19.2 Å². The molecule has 0 N–H and O–H groups in total. The lowest BCUT2D eigenvalue weighted by atomic mass is 10.1. The summed E-state index contributed by atoms with van der Waals surface area (Å²) in [6.07, 6.45) is 0. The summed E-state index contributed by atoms with van der Waals surface area (Å²) < 4.78 is 16.9. The summed E-state index contributed by atoms with van der Waals surface area (Å²) in [6, 6.07) is 4.00. The number of hydrogen-bond acceptors (Lipinski definition) is 6. The smallest absolute Gasteiger partial charge is 0.235 e. The standard InChI is InChI=1S/C18H25N3O3/c1-10(2)15-8-23-17(20-15)13-6-12(22-5)7-14(19-13)18-21-16(9-24-18)11(3)4/h6-7,10-11,15-16H,8-9H2,1-5H3/t15-,16-/m0/s1. The molecule has 3 heterocycles. The van der Waals surface area contributed by atoms with Gasteiger partial charge in [-0.25, -0.2) is 15.0 Å². The van der Waals surface area contributed by atoms with Crippen LogP contribution in [0.5, 0.6) is 5.75 Å². The number of aromatic nitrogens is 1. The predicted octanol–water partition coefficient (Wildman–Crippen LogP) is 2.69. The first-order chi connectivity index (χ1) is 11.5. The lowest BCUT2D eigenvalue weighted by Crippen LogP contribution is -2.13. The number of hydrogen-bond donors (Lipinski definition) is 0. The van der Waals surface area contributed by atoms with E-state index in [1.165, 1.54) is 0 Å². The first-order valence-corrected chi connectivity index (χ1v) is 8.46. The molecule has 130 valence electrons. The minimum absolute atomic E-state index is 0.168. The maximum absolute atomic E-state index is 5.74. The highest BCUT2D eigenvalue weighted by atomic mass is 16.5. The molecule has 2 aliphatic rings. The van der Waals surface area contributed by atoms with E-state index < -0.39 is 0 Å². The average molecular weight is 331 g/mol. The third-order valence-corrected chi connectivity index (χ3v) is 4.36. The van der Waals surface area contributed by atoms with Crippen LogP contribution in [0.4, 0.5) is 0 Å². The van der Waals surface area contributed by atoms with Crippen LogP contribution < -0.4 is 4.74 Å². The van der Waals surface area contributed by atoms with Crippen LogP contribution in [0.2, 0.25) is 0 Å². The quantitative estimate of drug-likeness (QED) is 0.832. The second-order valence-electron chi connectivity index (χ2n) is 6.89. The van der Waals surface area contributed by atoms with Crippen LogP contribution in [0.3, 0.4) is 0 Å². The molecular weight excluding hydrogens is 306 g/mol. The molecule has 2 aliphatic heterocycles. The van der Waals surface area contributed by atoms with Gasteiger partial charge in [0.25, 0.3) is 0 Å². The van der Waals surface area contributed by atoms with Gasteiger partial charge in [-0.2, -0.15) is 0 Å². The third-order valence-electron chi connectivity index (χ3n) is 4.36. The predicted molar refractivity (Wildman–Crippen MR) is 93.0 cm³/mol. The number of rotatable bonds is 5. The van der Waals surface area contributed by atoms with E-state index in [-0.39, 0.29) is 12.1 Å². The molecule has 0 spiro atoms. The monoisotopic (exact) mass is 331 g/mol. The summed E-state index contributed by atoms with van der Waals surface area (Å²) in [5.74, 6) is 2.68. The zero-order valence-corrected chi connectivity index (χ0v) is 14.9. The van der Waals surface area contributed by atoms with Crippen molar-refractivity contribution in [2.24, 2.45) is 21.8 Å². The Morgan fingerprint density at radius 1 is 0.917 bits per heavy atom. The molecule has 24 heavy (non-hydrogen) atoms. The largest absolute Gasteiger partial charge is 0.497 e. The Kier molecular flexibility index (Phi) is 4.73. The van der Waals surface area contributed by atoms with E-state index in [9.17, 15) is 0 Å². The fourth-order valence-corrected chi connectivity index (χ4v) is 2.58. The molecule has 2 atom stereocenters. The van der Waals surface area contributed by atoms with Crippen LogP contribution >= 0.6 is 0 Å². The van der Waals surface area contributed by atoms with E-state index in [0.717, 1.165) is 0 Å². The Balaban J connectivity index is 1.93. The highest BCUT2D eigenvalue weighted by Crippen LogP contribution is 2.23. The Bertz CT molecular complexity index is 615. The number of methoxy groups -OCH3 is 1. The van der Waals surface area contributed by atoms with Crippen molar-refractivity contribution >= 4 is 11.8 Å². The van der Waals surface area contributed by atoms with Gasteiger partial charge in [0.2, 0.25) is 11.8 Å². The van der Waals surface area contributed by atoms with Crippen LogP contribution in [0, 0.1) is 11.8 Å². The van der Waals surface area contributed by atoms with Crippen molar-refractivity contribution in [3.8, 4) is 5.75 Å². The van der Waals surface area contributed by atoms with Gasteiger partial charge in [0.15, 0.2) is 0 Å². The van der Waals surface area contributed by atoms with Crippen molar-refractivity contribution in [1.29, 1.82) is 0 Å². The summed E-state index contributed by atoms with van der Waals surface area (Å²) in [5.41, 5.74) is 1.32. The van der Waals surface area contributed by atoms with Crippen LogP contribution in [0.1, 0.15) is 39.1 Å². The van der Waals surface area contributed by atoms with Crippen molar-refractivity contribution < 1.29 is 14.2 Å². The maximum Gasteiger partial charge on any atom is 0.235 e. The Labute approximate surface area is 143 Å². The first-order valence-electron chi connectivity index (χ1n) is 8.46. The van der Waals surface area contributed by atoms with Gasteiger partial charge in [0.1, 0.15) is 30.4 Å². The molecular formula is C18H25N3O3. The van der Waals surface area contributed by atoms with Gasteiger partial charge in [0, 0.05) is 12.1 Å². The van der Waals surface area contributed by atoms with Crippen molar-refractivity contribution in [3.63, 3.8) is 0 Å². The summed E-state index contributed by atoms with van der Waals surface area (Å²) >= 11 is 0. The number of aliphatic imine (C=N–C) groups is 2. The minimum atomic E-state index is 0.168. The second-order valence-corrected chi connectivity index (χ2v) is 6.89. The molecule has 0 radical (unpaired) electrons. The number of pyridine rings is 1. The van der Waals surface area contributed by atoms with Crippen LogP contribution in [0.25, 0.3) is 0 Å². The Morgan fingerprint density at radius 3 is 1.71 bits per heavy atom. The van der Waals surface area contributed by atoms with Crippen LogP contribution in [0.15, 0.2) is 22.1 Å². The van der Waals surface area contributed by atoms with Crippen LogP contribution in [-0.2, 0) is 9.47 Å². The normalized spacial score (nSPS) is 23.1. The molecule has 3 rings (SSSR count). The molecule has 0 saturated carbocycles. The van der Waals surface area contributed by atoms with Gasteiger partial charge >= 0.3 is 0 Å². The highest BCUT2D eigenvalue weighted by Gasteiger charge is 2.27. The molecule has 0 fully saturated rings. The lowest BCUT2D eigenvalue weighted by molar-refractivity contribution is 0.290. The summed E-state index contributed by atoms with van der Waals surface area (Å²) in [7, 11) is 1.63. The molecule has 1 aromatic heterocycles. The van der Waals surface area contributed by atoms with Gasteiger partial charge < -0.3 is 14.2 Å². The van der Waals surface area contributed by atoms with E-state index in [1.807, 2.05) is 12.1 Å². The molecule has 6 heteroatoms. The molecule has 1 aromatic rings. The Hall–Kier alpha value is -2.11. The van der Waals surface area contributed by atoms with Gasteiger partial charge in [-0.3, -0.25) is 0 Å². The average Bonchev–Trinajstić information content (AvgIpc) is 3.23. The molecule has 0 bridgehead atoms. The second kappa shape index (κ2) is 6.79. The molecule has 0 amide bonds. The number of nitrogens with zero attached hydrogens (tertiary/aromatic N) is 3. The topological polar surface area (TPSA) is 65.3 Å². The highest BCUT2D eigenvalue weighted by molar-refractivity contribution is 5.98. The Morgan fingerprint density at radius 2 is 1.38 bits per heavy atom. The molecule has 0 saturated heterocycles. The van der Waals surface area contributed by atoms with E-state index in [0.29, 0.717) is 54.0 Å². The van der Waals surface area contributed by atoms with Crippen molar-refractivity contribution in [2.75, 3.05) is 20.3 Å². The van der Waals surface area contributed by atoms with Gasteiger partial charge in [-0.15, -0.1) is 0 Å². The zero-order chi connectivity index (χ0) is 17.3. The van der Waals surface area contributed by atoms with Crippen molar-refractivity contribution in [1.82, 2.24) is 4.98 Å². The third kappa shape index (κ3) is 3.37. The first kappa shape index (κ1) is 16.7. The number of ether oxygens (including phenoxy) is 3. The SMILES string of the molecule is COc1cc(C2=N[C@H](C(C)C)CO2)nc(C2=N[C@H](C(C)C)CO2)c1. The summed E-state index contributed by atoms with van der Waals surface area (Å²) in [4.78, 5) is 13.9. The molecule has 6 nitrogen and oxygen atoms in total.